The number of hydrogen-bond acceptors (Lipinski definition) is 10. The molecule has 1 aliphatic rings. The number of fused-ring (bicyclic) bond motifs is 1. The number of hydrogen-bond donors (Lipinski definition) is 2. The Labute approximate surface area is 301 Å². The van der Waals surface area contributed by atoms with Crippen LogP contribution in [0, 0.1) is 6.92 Å². The van der Waals surface area contributed by atoms with Crippen molar-refractivity contribution in [2.75, 3.05) is 32.8 Å². The molecule has 0 bridgehead atoms. The highest BCUT2D eigenvalue weighted by atomic mass is 16.6. The number of anilines is 1. The van der Waals surface area contributed by atoms with Gasteiger partial charge in [0.05, 0.1) is 33.3 Å². The van der Waals surface area contributed by atoms with Crippen molar-refractivity contribution >= 4 is 22.9 Å². The molecule has 0 radical (unpaired) electrons. The summed E-state index contributed by atoms with van der Waals surface area (Å²) in [5, 5.41) is 14.1. The second-order valence-electron chi connectivity index (χ2n) is 12.4. The van der Waals surface area contributed by atoms with Crippen LogP contribution in [0.5, 0.6) is 17.2 Å². The van der Waals surface area contributed by atoms with Crippen molar-refractivity contribution in [3.63, 3.8) is 0 Å². The number of rotatable bonds is 13. The van der Waals surface area contributed by atoms with Gasteiger partial charge in [0.1, 0.15) is 41.5 Å². The molecule has 0 saturated carbocycles. The summed E-state index contributed by atoms with van der Waals surface area (Å²) in [7, 11) is 3.26. The number of aromatic nitrogens is 4. The number of imidazole rings is 1. The molecule has 2 aromatic heterocycles. The number of amides is 1. The Bertz CT molecular complexity index is 2060. The van der Waals surface area contributed by atoms with E-state index in [-0.39, 0.29) is 25.5 Å². The Morgan fingerprint density at radius 3 is 2.10 bits per heavy atom. The van der Waals surface area contributed by atoms with E-state index in [0.29, 0.717) is 28.4 Å². The Balaban J connectivity index is 1.12. The molecule has 266 valence electrons. The van der Waals surface area contributed by atoms with Gasteiger partial charge in [0.15, 0.2) is 23.6 Å². The van der Waals surface area contributed by atoms with Gasteiger partial charge in [-0.2, -0.15) is 0 Å². The molecule has 12 nitrogen and oxygen atoms in total. The number of methoxy groups -OCH3 is 2. The van der Waals surface area contributed by atoms with Crippen molar-refractivity contribution in [1.29, 1.82) is 0 Å². The van der Waals surface area contributed by atoms with Crippen molar-refractivity contribution in [3.05, 3.63) is 138 Å². The SMILES string of the molecule is COc1ccc(C(OC[C@H]2O[C@@H](n3cnc4c(NC(=O)COc5ccc(C)cc5)ncnc43)C[C@@H]2O)(c2ccccc2)c2ccc(OC)cc2)cc1. The smallest absolute Gasteiger partial charge is 0.263 e. The first-order valence-corrected chi connectivity index (χ1v) is 16.9. The quantitative estimate of drug-likeness (QED) is 0.142. The molecule has 1 amide bonds. The number of benzene rings is 4. The molecule has 2 N–H and O–H groups in total. The molecule has 6 aromatic rings. The molecule has 0 unspecified atom stereocenters. The summed E-state index contributed by atoms with van der Waals surface area (Å²) in [4.78, 5) is 25.9. The van der Waals surface area contributed by atoms with E-state index in [1.165, 1.54) is 6.33 Å². The second-order valence-corrected chi connectivity index (χ2v) is 12.4. The third-order valence-corrected chi connectivity index (χ3v) is 9.16. The van der Waals surface area contributed by atoms with Crippen molar-refractivity contribution in [2.24, 2.45) is 0 Å². The average Bonchev–Trinajstić information content (AvgIpc) is 3.79. The molecule has 1 fully saturated rings. The van der Waals surface area contributed by atoms with Crippen molar-refractivity contribution in [3.8, 4) is 17.2 Å². The summed E-state index contributed by atoms with van der Waals surface area (Å²) in [6.45, 7) is 1.83. The molecule has 12 heteroatoms. The third-order valence-electron chi connectivity index (χ3n) is 9.16. The van der Waals surface area contributed by atoms with Gasteiger partial charge in [-0.3, -0.25) is 9.36 Å². The zero-order valence-electron chi connectivity index (χ0n) is 29.0. The van der Waals surface area contributed by atoms with E-state index in [2.05, 4.69) is 20.3 Å². The van der Waals surface area contributed by atoms with Crippen LogP contribution in [0.25, 0.3) is 11.2 Å². The van der Waals surface area contributed by atoms with Gasteiger partial charge in [0.25, 0.3) is 5.91 Å². The molecule has 0 aliphatic carbocycles. The van der Waals surface area contributed by atoms with Crippen LogP contribution in [0.15, 0.2) is 116 Å². The van der Waals surface area contributed by atoms with Crippen molar-refractivity contribution < 1.29 is 33.6 Å². The van der Waals surface area contributed by atoms with Gasteiger partial charge in [-0.25, -0.2) is 15.0 Å². The average molecular weight is 702 g/mol. The van der Waals surface area contributed by atoms with Gasteiger partial charge in [-0.05, 0) is 60.0 Å². The molecule has 4 aromatic carbocycles. The lowest BCUT2D eigenvalue weighted by Crippen LogP contribution is -2.38. The second kappa shape index (κ2) is 15.2. The lowest BCUT2D eigenvalue weighted by Gasteiger charge is -2.37. The van der Waals surface area contributed by atoms with Crippen molar-refractivity contribution in [2.45, 2.75) is 37.4 Å². The van der Waals surface area contributed by atoms with Gasteiger partial charge in [-0.15, -0.1) is 0 Å². The molecular weight excluding hydrogens is 662 g/mol. The van der Waals surface area contributed by atoms with Crippen LogP contribution in [-0.2, 0) is 19.9 Å². The molecule has 3 atom stereocenters. The van der Waals surface area contributed by atoms with Gasteiger partial charge >= 0.3 is 0 Å². The van der Waals surface area contributed by atoms with Crippen LogP contribution in [-0.4, -0.2) is 70.2 Å². The molecule has 1 saturated heterocycles. The first-order chi connectivity index (χ1) is 25.4. The molecular formula is C40H39N5O7. The van der Waals surface area contributed by atoms with Gasteiger partial charge in [-0.1, -0.05) is 72.3 Å². The predicted octanol–water partition coefficient (Wildman–Crippen LogP) is 5.83. The van der Waals surface area contributed by atoms with Gasteiger partial charge < -0.3 is 34.1 Å². The Hall–Kier alpha value is -5.82. The van der Waals surface area contributed by atoms with E-state index in [0.717, 1.165) is 22.3 Å². The fraction of sp³-hybridized carbons (Fsp3) is 0.250. The summed E-state index contributed by atoms with van der Waals surface area (Å²) in [6.07, 6.45) is 1.02. The van der Waals surface area contributed by atoms with E-state index in [4.69, 9.17) is 23.7 Å². The number of carbonyl (C=O) groups excluding carboxylic acids is 1. The van der Waals surface area contributed by atoms with Crippen LogP contribution in [0.1, 0.15) is 34.9 Å². The van der Waals surface area contributed by atoms with Crippen LogP contribution < -0.4 is 19.5 Å². The maximum Gasteiger partial charge on any atom is 0.263 e. The minimum Gasteiger partial charge on any atom is -0.497 e. The van der Waals surface area contributed by atoms with E-state index in [9.17, 15) is 9.90 Å². The molecule has 0 spiro atoms. The van der Waals surface area contributed by atoms with E-state index in [1.54, 1.807) is 37.2 Å². The lowest BCUT2D eigenvalue weighted by molar-refractivity contribution is -0.118. The summed E-state index contributed by atoms with van der Waals surface area (Å²) in [5.74, 6) is 1.86. The van der Waals surface area contributed by atoms with Gasteiger partial charge in [0.2, 0.25) is 0 Å². The Morgan fingerprint density at radius 2 is 1.46 bits per heavy atom. The monoisotopic (exact) mass is 701 g/mol. The van der Waals surface area contributed by atoms with Crippen LogP contribution in [0.4, 0.5) is 5.82 Å². The largest absolute Gasteiger partial charge is 0.497 e. The normalized spacial score (nSPS) is 17.2. The van der Waals surface area contributed by atoms with Crippen LogP contribution in [0.3, 0.4) is 0 Å². The Morgan fingerprint density at radius 1 is 0.846 bits per heavy atom. The number of carbonyl (C=O) groups is 1. The van der Waals surface area contributed by atoms with E-state index >= 15 is 0 Å². The number of aliphatic hydroxyl groups excluding tert-OH is 1. The topological polar surface area (TPSA) is 139 Å². The maximum absolute atomic E-state index is 12.8. The zero-order chi connectivity index (χ0) is 36.1. The first-order valence-electron chi connectivity index (χ1n) is 16.9. The fourth-order valence-corrected chi connectivity index (χ4v) is 6.42. The predicted molar refractivity (Wildman–Crippen MR) is 193 cm³/mol. The minimum atomic E-state index is -1.08. The number of nitrogens with zero attached hydrogens (tertiary/aromatic N) is 4. The van der Waals surface area contributed by atoms with Crippen LogP contribution in [0.2, 0.25) is 0 Å². The molecule has 7 rings (SSSR count). The lowest BCUT2D eigenvalue weighted by atomic mass is 9.80. The van der Waals surface area contributed by atoms with Crippen LogP contribution >= 0.6 is 0 Å². The summed E-state index contributed by atoms with van der Waals surface area (Å²) < 4.78 is 31.7. The zero-order valence-corrected chi connectivity index (χ0v) is 29.0. The Kier molecular flexibility index (Phi) is 10.1. The molecule has 3 heterocycles. The van der Waals surface area contributed by atoms with E-state index < -0.39 is 29.9 Å². The highest BCUT2D eigenvalue weighted by molar-refractivity contribution is 5.97. The summed E-state index contributed by atoms with van der Waals surface area (Å²) >= 11 is 0. The van der Waals surface area contributed by atoms with E-state index in [1.807, 2.05) is 97.9 Å². The minimum absolute atomic E-state index is 0.0501. The standard InChI is InChI=1S/C40H39N5O7/c1-26-9-15-32(16-10-26)50-23-35(47)44-38-37-39(42-24-41-38)45(25-43-37)36-21-33(46)34(52-36)22-51-40(27-7-5-4-6-8-27,28-11-17-30(48-2)18-12-28)29-13-19-31(49-3)20-14-29/h4-20,24-25,33-34,36,46H,21-23H2,1-3H3,(H,41,42,44,47)/t33-,34+,36+/m0/s1. The highest BCUT2D eigenvalue weighted by Gasteiger charge is 2.42. The van der Waals surface area contributed by atoms with Crippen molar-refractivity contribution in [1.82, 2.24) is 19.5 Å². The fourth-order valence-electron chi connectivity index (χ4n) is 6.42. The number of ether oxygens (including phenoxy) is 5. The number of aryl methyl sites for hydroxylation is 1. The first kappa shape index (κ1) is 34.6. The molecule has 52 heavy (non-hydrogen) atoms. The number of nitrogens with one attached hydrogen (secondary N) is 1. The third kappa shape index (κ3) is 7.04. The van der Waals surface area contributed by atoms with Gasteiger partial charge in [0, 0.05) is 6.42 Å². The maximum atomic E-state index is 12.8. The summed E-state index contributed by atoms with van der Waals surface area (Å²) in [6, 6.07) is 32.9. The summed E-state index contributed by atoms with van der Waals surface area (Å²) in [5.41, 5.74) is 3.47. The highest BCUT2D eigenvalue weighted by Crippen LogP contribution is 2.43. The number of aliphatic hydroxyl groups is 1. The molecule has 1 aliphatic heterocycles.